The van der Waals surface area contributed by atoms with Crippen LogP contribution in [0.15, 0.2) is 36.5 Å². The van der Waals surface area contributed by atoms with Crippen LogP contribution in [0.3, 0.4) is 0 Å². The number of nitrogens with one attached hydrogen (secondary N) is 2. The molecule has 0 unspecified atom stereocenters. The molecule has 0 saturated carbocycles. The average molecular weight is 276 g/mol. The van der Waals surface area contributed by atoms with Gasteiger partial charge in [-0.2, -0.15) is 0 Å². The van der Waals surface area contributed by atoms with E-state index in [4.69, 9.17) is 10.6 Å². The van der Waals surface area contributed by atoms with E-state index < -0.39 is 11.7 Å². The van der Waals surface area contributed by atoms with Crippen molar-refractivity contribution in [2.75, 3.05) is 17.9 Å². The van der Waals surface area contributed by atoms with Gasteiger partial charge in [0.1, 0.15) is 5.69 Å². The van der Waals surface area contributed by atoms with Gasteiger partial charge in [0, 0.05) is 11.8 Å². The molecular formula is C13H13FN4O2. The number of hydrogen-bond donors (Lipinski definition) is 3. The molecule has 0 spiro atoms. The quantitative estimate of drug-likeness (QED) is 0.585. The predicted octanol–water partition coefficient (Wildman–Crippen LogP) is 1.77. The Balaban J connectivity index is 2.14. The molecule has 1 aromatic heterocycles. The van der Waals surface area contributed by atoms with Crippen LogP contribution in [-0.4, -0.2) is 18.0 Å². The third-order valence-electron chi connectivity index (χ3n) is 2.57. The zero-order valence-electron chi connectivity index (χ0n) is 10.7. The van der Waals surface area contributed by atoms with Crippen molar-refractivity contribution in [3.8, 4) is 5.75 Å². The molecule has 0 saturated heterocycles. The first kappa shape index (κ1) is 13.8. The van der Waals surface area contributed by atoms with Crippen LogP contribution < -0.4 is 21.3 Å². The first-order valence-electron chi connectivity index (χ1n) is 5.71. The Kier molecular flexibility index (Phi) is 4.11. The molecule has 0 aliphatic heterocycles. The van der Waals surface area contributed by atoms with Crippen molar-refractivity contribution < 1.29 is 13.9 Å². The summed E-state index contributed by atoms with van der Waals surface area (Å²) in [6.45, 7) is 0. The number of ether oxygens (including phenoxy) is 1. The van der Waals surface area contributed by atoms with Gasteiger partial charge in [0.05, 0.1) is 19.0 Å². The van der Waals surface area contributed by atoms with Gasteiger partial charge in [-0.15, -0.1) is 0 Å². The summed E-state index contributed by atoms with van der Waals surface area (Å²) in [6.07, 6.45) is 1.43. The second-order valence-corrected chi connectivity index (χ2v) is 3.88. The number of aromatic nitrogens is 1. The van der Waals surface area contributed by atoms with Crippen LogP contribution in [0.4, 0.5) is 15.8 Å². The summed E-state index contributed by atoms with van der Waals surface area (Å²) >= 11 is 0. The van der Waals surface area contributed by atoms with Crippen LogP contribution in [0.5, 0.6) is 5.75 Å². The number of carbonyl (C=O) groups excluding carboxylic acids is 1. The van der Waals surface area contributed by atoms with Crippen LogP contribution in [0.25, 0.3) is 0 Å². The molecule has 4 N–H and O–H groups in total. The fourth-order valence-corrected chi connectivity index (χ4v) is 1.55. The van der Waals surface area contributed by atoms with E-state index in [1.54, 1.807) is 6.07 Å². The van der Waals surface area contributed by atoms with Crippen LogP contribution in [0.1, 0.15) is 10.5 Å². The maximum Gasteiger partial charge on any atom is 0.274 e. The maximum absolute atomic E-state index is 13.2. The molecule has 6 nitrogen and oxygen atoms in total. The summed E-state index contributed by atoms with van der Waals surface area (Å²) in [6, 6.07) is 7.18. The Morgan fingerprint density at radius 2 is 2.05 bits per heavy atom. The molecule has 0 fully saturated rings. The van der Waals surface area contributed by atoms with Gasteiger partial charge >= 0.3 is 0 Å². The lowest BCUT2D eigenvalue weighted by atomic mass is 10.2. The number of nitrogens with two attached hydrogens (primary N) is 1. The molecule has 0 radical (unpaired) electrons. The minimum atomic E-state index is -0.498. The molecule has 1 aromatic carbocycles. The molecule has 104 valence electrons. The monoisotopic (exact) mass is 276 g/mol. The van der Waals surface area contributed by atoms with Crippen LogP contribution >= 0.6 is 0 Å². The molecule has 0 bridgehead atoms. The van der Waals surface area contributed by atoms with E-state index in [0.717, 1.165) is 0 Å². The first-order valence-corrected chi connectivity index (χ1v) is 5.71. The number of methoxy groups -OCH3 is 1. The minimum absolute atomic E-state index is 0.0541. The number of halogens is 1. The molecule has 1 heterocycles. The summed E-state index contributed by atoms with van der Waals surface area (Å²) < 4.78 is 18.1. The molecule has 0 aliphatic rings. The number of rotatable bonds is 4. The summed E-state index contributed by atoms with van der Waals surface area (Å²) in [5.41, 5.74) is 3.63. The zero-order chi connectivity index (χ0) is 14.5. The van der Waals surface area contributed by atoms with E-state index in [2.05, 4.69) is 15.7 Å². The average Bonchev–Trinajstić information content (AvgIpc) is 2.49. The molecule has 0 aliphatic carbocycles. The fraction of sp³-hybridized carbons (Fsp3) is 0.0769. The van der Waals surface area contributed by atoms with Crippen LogP contribution in [0.2, 0.25) is 0 Å². The highest BCUT2D eigenvalue weighted by molar-refractivity contribution is 6.03. The molecule has 20 heavy (non-hydrogen) atoms. The molecule has 7 heteroatoms. The number of pyridine rings is 1. The summed E-state index contributed by atoms with van der Waals surface area (Å²) in [4.78, 5) is 15.9. The van der Waals surface area contributed by atoms with E-state index >= 15 is 0 Å². The lowest BCUT2D eigenvalue weighted by Gasteiger charge is -2.08. The van der Waals surface area contributed by atoms with Crippen LogP contribution in [-0.2, 0) is 0 Å². The van der Waals surface area contributed by atoms with Crippen molar-refractivity contribution in [1.29, 1.82) is 0 Å². The first-order chi connectivity index (χ1) is 9.63. The SMILES string of the molecule is COc1cc(NC(=O)c2ccc(NN)cn2)ccc1F. The van der Waals surface area contributed by atoms with Gasteiger partial charge in [0.15, 0.2) is 11.6 Å². The lowest BCUT2D eigenvalue weighted by Crippen LogP contribution is -2.14. The van der Waals surface area contributed by atoms with Gasteiger partial charge in [-0.05, 0) is 24.3 Å². The highest BCUT2D eigenvalue weighted by atomic mass is 19.1. The number of nitrogen functional groups attached to an aromatic ring is 1. The Bertz CT molecular complexity index is 616. The van der Waals surface area contributed by atoms with Crippen molar-refractivity contribution in [1.82, 2.24) is 4.98 Å². The Hall–Kier alpha value is -2.67. The number of amides is 1. The second kappa shape index (κ2) is 5.98. The standard InChI is InChI=1S/C13H13FN4O2/c1-20-12-6-8(2-4-10(12)14)17-13(19)11-5-3-9(18-15)7-16-11/h2-7,18H,15H2,1H3,(H,17,19). The predicted molar refractivity (Wildman–Crippen MR) is 73.0 cm³/mol. The largest absolute Gasteiger partial charge is 0.494 e. The molecule has 1 amide bonds. The fourth-order valence-electron chi connectivity index (χ4n) is 1.55. The van der Waals surface area contributed by atoms with Crippen molar-refractivity contribution in [3.63, 3.8) is 0 Å². The lowest BCUT2D eigenvalue weighted by molar-refractivity contribution is 0.102. The second-order valence-electron chi connectivity index (χ2n) is 3.88. The minimum Gasteiger partial charge on any atom is -0.494 e. The topological polar surface area (TPSA) is 89.3 Å². The van der Waals surface area contributed by atoms with Gasteiger partial charge in [-0.25, -0.2) is 9.37 Å². The molecule has 0 atom stereocenters. The normalized spacial score (nSPS) is 9.95. The molecule has 2 rings (SSSR count). The highest BCUT2D eigenvalue weighted by Gasteiger charge is 2.09. The van der Waals surface area contributed by atoms with Gasteiger partial charge < -0.3 is 15.5 Å². The Morgan fingerprint density at radius 1 is 1.30 bits per heavy atom. The maximum atomic E-state index is 13.2. The third kappa shape index (κ3) is 3.01. The van der Waals surface area contributed by atoms with Gasteiger partial charge in [-0.1, -0.05) is 0 Å². The van der Waals surface area contributed by atoms with Crippen LogP contribution in [0, 0.1) is 5.82 Å². The number of hydrazine groups is 1. The number of benzene rings is 1. The third-order valence-corrected chi connectivity index (χ3v) is 2.57. The Labute approximate surface area is 114 Å². The number of hydrogen-bond acceptors (Lipinski definition) is 5. The smallest absolute Gasteiger partial charge is 0.274 e. The molecule has 2 aromatic rings. The Morgan fingerprint density at radius 3 is 2.65 bits per heavy atom. The number of nitrogens with zero attached hydrogens (tertiary/aromatic N) is 1. The van der Waals surface area contributed by atoms with E-state index in [9.17, 15) is 9.18 Å². The van der Waals surface area contributed by atoms with Gasteiger partial charge in [0.2, 0.25) is 0 Å². The zero-order valence-corrected chi connectivity index (χ0v) is 10.7. The summed E-state index contributed by atoms with van der Waals surface area (Å²) in [7, 11) is 1.35. The summed E-state index contributed by atoms with van der Waals surface area (Å²) in [5, 5.41) is 2.60. The number of anilines is 2. The van der Waals surface area contributed by atoms with Crippen molar-refractivity contribution >= 4 is 17.3 Å². The van der Waals surface area contributed by atoms with Crippen molar-refractivity contribution in [3.05, 3.63) is 48.0 Å². The van der Waals surface area contributed by atoms with E-state index in [-0.39, 0.29) is 11.4 Å². The highest BCUT2D eigenvalue weighted by Crippen LogP contribution is 2.21. The summed E-state index contributed by atoms with van der Waals surface area (Å²) in [5.74, 6) is 4.35. The van der Waals surface area contributed by atoms with Gasteiger partial charge in [0.25, 0.3) is 5.91 Å². The van der Waals surface area contributed by atoms with E-state index in [1.165, 1.54) is 37.6 Å². The van der Waals surface area contributed by atoms with Crippen molar-refractivity contribution in [2.45, 2.75) is 0 Å². The van der Waals surface area contributed by atoms with E-state index in [1.807, 2.05) is 0 Å². The molecular weight excluding hydrogens is 263 g/mol. The van der Waals surface area contributed by atoms with Gasteiger partial charge in [-0.3, -0.25) is 10.6 Å². The number of carbonyl (C=O) groups is 1. The van der Waals surface area contributed by atoms with E-state index in [0.29, 0.717) is 11.4 Å². The van der Waals surface area contributed by atoms with Crippen molar-refractivity contribution in [2.24, 2.45) is 5.84 Å².